The topological polar surface area (TPSA) is 41.6 Å². The molecule has 0 radical (unpaired) electrons. The fraction of sp³-hybridized carbons (Fsp3) is 0.429. The summed E-state index contributed by atoms with van der Waals surface area (Å²) in [5, 5.41) is 0.213. The Labute approximate surface area is 112 Å². The van der Waals surface area contributed by atoms with Crippen molar-refractivity contribution in [2.45, 2.75) is 31.4 Å². The summed E-state index contributed by atoms with van der Waals surface area (Å²) < 4.78 is 0. The van der Waals surface area contributed by atoms with E-state index in [9.17, 15) is 0 Å². The number of nitrogens with zero attached hydrogens (tertiary/aromatic N) is 2. The smallest absolute Gasteiger partial charge is 0.0925 e. The molecule has 0 bridgehead atoms. The van der Waals surface area contributed by atoms with Crippen LogP contribution in [0.4, 0.5) is 0 Å². The molecule has 3 nitrogen and oxygen atoms in total. The number of thiol groups is 1. The summed E-state index contributed by atoms with van der Waals surface area (Å²) in [5.74, 6) is 0.548. The Morgan fingerprint density at radius 2 is 2.33 bits per heavy atom. The van der Waals surface area contributed by atoms with E-state index in [1.165, 1.54) is 17.5 Å². The Balaban J connectivity index is 1.82. The van der Waals surface area contributed by atoms with Gasteiger partial charge in [-0.3, -0.25) is 4.98 Å². The minimum atomic E-state index is 0.213. The number of aryl methyl sites for hydroxylation is 2. The van der Waals surface area contributed by atoms with Crippen LogP contribution in [0, 0.1) is 12.8 Å². The SMILES string of the molecule is Cc1[nH]cnc1C(S)C1CCc2ccncc2C1. The normalized spacial score (nSPS) is 20.4. The molecule has 2 aromatic heterocycles. The Bertz CT molecular complexity index is 549. The van der Waals surface area contributed by atoms with E-state index in [-0.39, 0.29) is 5.25 Å². The standard InChI is InChI=1S/C14H17N3S/c1-9-13(17-8-16-9)14(18)11-3-2-10-4-5-15-7-12(10)6-11/h4-5,7-8,11,14,18H,2-3,6H2,1H3,(H,16,17). The quantitative estimate of drug-likeness (QED) is 0.814. The minimum Gasteiger partial charge on any atom is -0.348 e. The molecule has 1 aliphatic rings. The van der Waals surface area contributed by atoms with E-state index in [4.69, 9.17) is 12.6 Å². The van der Waals surface area contributed by atoms with E-state index in [0.29, 0.717) is 5.92 Å². The Hall–Kier alpha value is -1.29. The van der Waals surface area contributed by atoms with Gasteiger partial charge < -0.3 is 4.98 Å². The molecule has 0 fully saturated rings. The van der Waals surface area contributed by atoms with E-state index in [1.54, 1.807) is 6.33 Å². The van der Waals surface area contributed by atoms with Crippen molar-refractivity contribution in [3.05, 3.63) is 47.3 Å². The minimum absolute atomic E-state index is 0.213. The molecule has 0 aromatic carbocycles. The number of fused-ring (bicyclic) bond motifs is 1. The highest BCUT2D eigenvalue weighted by Gasteiger charge is 2.27. The number of aromatic nitrogens is 3. The second-order valence-electron chi connectivity index (χ2n) is 5.00. The van der Waals surface area contributed by atoms with Crippen LogP contribution in [-0.4, -0.2) is 15.0 Å². The average Bonchev–Trinajstić information content (AvgIpc) is 2.83. The average molecular weight is 259 g/mol. The first-order valence-corrected chi connectivity index (χ1v) is 6.87. The van der Waals surface area contributed by atoms with E-state index in [1.807, 2.05) is 12.4 Å². The third-order valence-electron chi connectivity index (χ3n) is 3.87. The molecule has 1 N–H and O–H groups in total. The van der Waals surface area contributed by atoms with Crippen molar-refractivity contribution in [2.24, 2.45) is 5.92 Å². The highest BCUT2D eigenvalue weighted by molar-refractivity contribution is 7.80. The number of rotatable bonds is 2. The first kappa shape index (κ1) is 11.8. The second-order valence-corrected chi connectivity index (χ2v) is 5.56. The van der Waals surface area contributed by atoms with Gasteiger partial charge in [0.25, 0.3) is 0 Å². The molecule has 1 aliphatic carbocycles. The monoisotopic (exact) mass is 259 g/mol. The van der Waals surface area contributed by atoms with Crippen LogP contribution in [0.3, 0.4) is 0 Å². The van der Waals surface area contributed by atoms with Crippen LogP contribution >= 0.6 is 12.6 Å². The molecule has 2 aromatic rings. The highest BCUT2D eigenvalue weighted by atomic mass is 32.1. The molecule has 0 aliphatic heterocycles. The number of H-pyrrole nitrogens is 1. The van der Waals surface area contributed by atoms with E-state index in [2.05, 4.69) is 27.9 Å². The van der Waals surface area contributed by atoms with E-state index in [0.717, 1.165) is 24.2 Å². The molecule has 0 spiro atoms. The highest BCUT2D eigenvalue weighted by Crippen LogP contribution is 2.37. The van der Waals surface area contributed by atoms with Gasteiger partial charge in [-0.15, -0.1) is 0 Å². The molecule has 94 valence electrons. The number of aromatic amines is 1. The lowest BCUT2D eigenvalue weighted by molar-refractivity contribution is 0.444. The van der Waals surface area contributed by atoms with Crippen LogP contribution in [0.1, 0.15) is 34.2 Å². The Morgan fingerprint density at radius 1 is 1.44 bits per heavy atom. The molecule has 0 saturated carbocycles. The molecular weight excluding hydrogens is 242 g/mol. The number of hydrogen-bond donors (Lipinski definition) is 2. The number of nitrogens with one attached hydrogen (secondary N) is 1. The van der Waals surface area contributed by atoms with Crippen LogP contribution < -0.4 is 0 Å². The molecule has 18 heavy (non-hydrogen) atoms. The van der Waals surface area contributed by atoms with Crippen molar-refractivity contribution in [2.75, 3.05) is 0 Å². The van der Waals surface area contributed by atoms with E-state index < -0.39 is 0 Å². The van der Waals surface area contributed by atoms with Gasteiger partial charge in [0.05, 0.1) is 12.0 Å². The Kier molecular flexibility index (Phi) is 3.12. The van der Waals surface area contributed by atoms with Crippen molar-refractivity contribution in [1.29, 1.82) is 0 Å². The lowest BCUT2D eigenvalue weighted by atomic mass is 9.82. The first-order valence-electron chi connectivity index (χ1n) is 6.35. The Morgan fingerprint density at radius 3 is 3.11 bits per heavy atom. The fourth-order valence-corrected chi connectivity index (χ4v) is 3.28. The van der Waals surface area contributed by atoms with E-state index >= 15 is 0 Å². The zero-order valence-corrected chi connectivity index (χ0v) is 11.3. The summed E-state index contributed by atoms with van der Waals surface area (Å²) in [5.41, 5.74) is 5.05. The lowest BCUT2D eigenvalue weighted by Crippen LogP contribution is -2.19. The predicted molar refractivity (Wildman–Crippen MR) is 74.8 cm³/mol. The molecule has 2 heterocycles. The van der Waals surface area contributed by atoms with Crippen LogP contribution in [0.2, 0.25) is 0 Å². The number of hydrogen-bond acceptors (Lipinski definition) is 3. The van der Waals surface area contributed by atoms with Crippen molar-refractivity contribution in [1.82, 2.24) is 15.0 Å². The van der Waals surface area contributed by atoms with Crippen LogP contribution in [0.15, 0.2) is 24.8 Å². The molecule has 0 saturated heterocycles. The van der Waals surface area contributed by atoms with Gasteiger partial charge in [-0.1, -0.05) is 0 Å². The molecule has 2 unspecified atom stereocenters. The predicted octanol–water partition coefficient (Wildman–Crippen LogP) is 2.89. The zero-order valence-electron chi connectivity index (χ0n) is 10.4. The lowest BCUT2D eigenvalue weighted by Gasteiger charge is -2.28. The summed E-state index contributed by atoms with van der Waals surface area (Å²) in [6.45, 7) is 2.06. The summed E-state index contributed by atoms with van der Waals surface area (Å²) in [6.07, 6.45) is 9.00. The third kappa shape index (κ3) is 2.05. The first-order chi connectivity index (χ1) is 8.75. The van der Waals surface area contributed by atoms with Gasteiger partial charge in [0, 0.05) is 23.3 Å². The summed E-state index contributed by atoms with van der Waals surface area (Å²) in [6, 6.07) is 2.14. The summed E-state index contributed by atoms with van der Waals surface area (Å²) in [7, 11) is 0. The fourth-order valence-electron chi connectivity index (χ4n) is 2.77. The molecular formula is C14H17N3S. The van der Waals surface area contributed by atoms with Crippen LogP contribution in [-0.2, 0) is 12.8 Å². The van der Waals surface area contributed by atoms with Gasteiger partial charge in [0.2, 0.25) is 0 Å². The maximum absolute atomic E-state index is 4.79. The van der Waals surface area contributed by atoms with Gasteiger partial charge in [-0.25, -0.2) is 4.98 Å². The molecule has 0 amide bonds. The van der Waals surface area contributed by atoms with Crippen molar-refractivity contribution in [3.63, 3.8) is 0 Å². The maximum Gasteiger partial charge on any atom is 0.0925 e. The second kappa shape index (κ2) is 4.76. The van der Waals surface area contributed by atoms with Gasteiger partial charge >= 0.3 is 0 Å². The van der Waals surface area contributed by atoms with Crippen molar-refractivity contribution >= 4 is 12.6 Å². The zero-order chi connectivity index (χ0) is 12.5. The third-order valence-corrected chi connectivity index (χ3v) is 4.53. The van der Waals surface area contributed by atoms with Gasteiger partial charge in [0.15, 0.2) is 0 Å². The van der Waals surface area contributed by atoms with Gasteiger partial charge in [0.1, 0.15) is 0 Å². The van der Waals surface area contributed by atoms with Crippen molar-refractivity contribution < 1.29 is 0 Å². The summed E-state index contributed by atoms with van der Waals surface area (Å²) in [4.78, 5) is 11.8. The number of imidazole rings is 1. The molecule has 3 rings (SSSR count). The maximum atomic E-state index is 4.79. The van der Waals surface area contributed by atoms with Gasteiger partial charge in [-0.05, 0) is 49.3 Å². The van der Waals surface area contributed by atoms with Crippen LogP contribution in [0.25, 0.3) is 0 Å². The van der Waals surface area contributed by atoms with Crippen LogP contribution in [0.5, 0.6) is 0 Å². The number of pyridine rings is 1. The largest absolute Gasteiger partial charge is 0.348 e. The van der Waals surface area contributed by atoms with Gasteiger partial charge in [-0.2, -0.15) is 12.6 Å². The molecule has 4 heteroatoms. The molecule has 2 atom stereocenters. The van der Waals surface area contributed by atoms with Crippen molar-refractivity contribution in [3.8, 4) is 0 Å². The summed E-state index contributed by atoms with van der Waals surface area (Å²) >= 11 is 4.79.